The molecular formula is C25H30ClN5O2. The number of halogens is 1. The first-order valence-electron chi connectivity index (χ1n) is 10.5. The second-order valence-corrected chi connectivity index (χ2v) is 7.60. The average molecular weight is 468 g/mol. The van der Waals surface area contributed by atoms with E-state index in [9.17, 15) is 0 Å². The second-order valence-electron chi connectivity index (χ2n) is 7.16. The molecule has 8 heteroatoms. The van der Waals surface area contributed by atoms with Gasteiger partial charge in [-0.3, -0.25) is 9.98 Å². The molecule has 0 saturated heterocycles. The van der Waals surface area contributed by atoms with Gasteiger partial charge in [0, 0.05) is 47.9 Å². The van der Waals surface area contributed by atoms with Crippen LogP contribution < -0.4 is 5.32 Å². The predicted molar refractivity (Wildman–Crippen MR) is 136 cm³/mol. The maximum atomic E-state index is 9.16. The third kappa shape index (κ3) is 7.59. The first-order chi connectivity index (χ1) is 15.9. The Labute approximate surface area is 200 Å². The van der Waals surface area contributed by atoms with Crippen LogP contribution in [0.15, 0.2) is 88.7 Å². The van der Waals surface area contributed by atoms with Crippen molar-refractivity contribution in [2.24, 2.45) is 4.99 Å². The summed E-state index contributed by atoms with van der Waals surface area (Å²) in [6.07, 6.45) is 16.0. The van der Waals surface area contributed by atoms with E-state index in [1.165, 1.54) is 17.7 Å². The number of pyridine rings is 1. The SMILES string of the molecule is C=C/C(Cl)=C\C(OO)=C(/C)Nc1c(C)c(CC)nn1-c1ccncc1.CC1=CCC=NC=C1. The van der Waals surface area contributed by atoms with Gasteiger partial charge in [0.1, 0.15) is 5.82 Å². The van der Waals surface area contributed by atoms with Gasteiger partial charge in [0.25, 0.3) is 0 Å². The van der Waals surface area contributed by atoms with Gasteiger partial charge in [0.2, 0.25) is 0 Å². The number of nitrogens with one attached hydrogen (secondary N) is 1. The Bertz CT molecular complexity index is 1090. The lowest BCUT2D eigenvalue weighted by molar-refractivity contribution is -0.199. The fourth-order valence-electron chi connectivity index (χ4n) is 2.91. The molecule has 33 heavy (non-hydrogen) atoms. The maximum absolute atomic E-state index is 9.16. The Kier molecular flexibility index (Phi) is 10.3. The zero-order valence-corrected chi connectivity index (χ0v) is 20.2. The Morgan fingerprint density at radius 1 is 1.33 bits per heavy atom. The average Bonchev–Trinajstić information content (AvgIpc) is 2.97. The Hall–Kier alpha value is -3.42. The predicted octanol–water partition coefficient (Wildman–Crippen LogP) is 6.50. The van der Waals surface area contributed by atoms with E-state index in [2.05, 4.69) is 44.9 Å². The summed E-state index contributed by atoms with van der Waals surface area (Å²) in [5, 5.41) is 17.4. The van der Waals surface area contributed by atoms with Gasteiger partial charge < -0.3 is 10.2 Å². The molecule has 174 valence electrons. The van der Waals surface area contributed by atoms with Crippen LogP contribution in [-0.4, -0.2) is 26.2 Å². The molecule has 1 aliphatic rings. The van der Waals surface area contributed by atoms with Gasteiger partial charge in [-0.25, -0.2) is 9.94 Å². The molecule has 2 N–H and O–H groups in total. The summed E-state index contributed by atoms with van der Waals surface area (Å²) in [5.74, 6) is 0.961. The topological polar surface area (TPSA) is 84.6 Å². The van der Waals surface area contributed by atoms with Crippen molar-refractivity contribution in [1.29, 1.82) is 0 Å². The minimum absolute atomic E-state index is 0.185. The molecule has 0 atom stereocenters. The minimum atomic E-state index is 0.185. The largest absolute Gasteiger partial charge is 0.340 e. The van der Waals surface area contributed by atoms with Crippen LogP contribution >= 0.6 is 11.6 Å². The van der Waals surface area contributed by atoms with E-state index >= 15 is 0 Å². The van der Waals surface area contributed by atoms with Crippen molar-refractivity contribution < 1.29 is 10.1 Å². The molecule has 0 saturated carbocycles. The van der Waals surface area contributed by atoms with Gasteiger partial charge in [-0.1, -0.05) is 42.8 Å². The van der Waals surface area contributed by atoms with E-state index in [1.54, 1.807) is 24.0 Å². The smallest absolute Gasteiger partial charge is 0.185 e. The molecule has 0 radical (unpaired) electrons. The number of hydrogen-bond donors (Lipinski definition) is 2. The van der Waals surface area contributed by atoms with E-state index in [-0.39, 0.29) is 5.76 Å². The fraction of sp³-hybridized carbons (Fsp3) is 0.240. The first kappa shape index (κ1) is 25.8. The summed E-state index contributed by atoms with van der Waals surface area (Å²) in [4.78, 5) is 12.4. The number of nitrogens with zero attached hydrogens (tertiary/aromatic N) is 4. The second kappa shape index (κ2) is 13.2. The first-order valence-corrected chi connectivity index (χ1v) is 10.9. The highest BCUT2D eigenvalue weighted by atomic mass is 35.5. The third-order valence-corrected chi connectivity index (χ3v) is 5.04. The van der Waals surface area contributed by atoms with Crippen molar-refractivity contribution in [3.63, 3.8) is 0 Å². The standard InChI is InChI=1S/C18H21ClN4O2.C7H9N/c1-5-14(19)11-17(25-24)13(4)21-18-12(3)16(6-2)22-23(18)15-7-9-20-10-8-15;1-7-3-2-5-8-6-4-7/h5,7-11,21,24H,1,6H2,2-4H3;3-6H,2H2,1H3/b14-11+,17-13-;. The monoisotopic (exact) mass is 467 g/mol. The van der Waals surface area contributed by atoms with Crippen LogP contribution in [0.3, 0.4) is 0 Å². The highest BCUT2D eigenvalue weighted by Gasteiger charge is 2.16. The van der Waals surface area contributed by atoms with Gasteiger partial charge >= 0.3 is 0 Å². The van der Waals surface area contributed by atoms with Crippen molar-refractivity contribution in [1.82, 2.24) is 14.8 Å². The molecule has 0 amide bonds. The van der Waals surface area contributed by atoms with Crippen molar-refractivity contribution in [3.05, 3.63) is 94.9 Å². The summed E-state index contributed by atoms with van der Waals surface area (Å²) in [7, 11) is 0. The Balaban J connectivity index is 0.000000405. The molecular weight excluding hydrogens is 438 g/mol. The summed E-state index contributed by atoms with van der Waals surface area (Å²) in [6.45, 7) is 11.5. The molecule has 7 nitrogen and oxygen atoms in total. The number of aromatic nitrogens is 3. The molecule has 3 heterocycles. The van der Waals surface area contributed by atoms with Crippen molar-refractivity contribution in [3.8, 4) is 5.69 Å². The van der Waals surface area contributed by atoms with E-state index < -0.39 is 0 Å². The fourth-order valence-corrected chi connectivity index (χ4v) is 3.01. The van der Waals surface area contributed by atoms with E-state index in [0.29, 0.717) is 10.7 Å². The van der Waals surface area contributed by atoms with Crippen LogP contribution in [0.4, 0.5) is 5.82 Å². The molecule has 2 aromatic heterocycles. The van der Waals surface area contributed by atoms with Crippen LogP contribution in [-0.2, 0) is 11.3 Å². The van der Waals surface area contributed by atoms with Crippen molar-refractivity contribution >= 4 is 23.6 Å². The lowest BCUT2D eigenvalue weighted by Gasteiger charge is -2.13. The highest BCUT2D eigenvalue weighted by Crippen LogP contribution is 2.26. The maximum Gasteiger partial charge on any atom is 0.185 e. The van der Waals surface area contributed by atoms with Gasteiger partial charge in [-0.15, -0.1) is 0 Å². The number of allylic oxidation sites excluding steroid dienone is 7. The highest BCUT2D eigenvalue weighted by molar-refractivity contribution is 6.31. The molecule has 2 aromatic rings. The normalized spacial score (nSPS) is 13.9. The van der Waals surface area contributed by atoms with Gasteiger partial charge in [0.15, 0.2) is 5.76 Å². The van der Waals surface area contributed by atoms with Crippen LogP contribution in [0, 0.1) is 6.92 Å². The Morgan fingerprint density at radius 2 is 2.06 bits per heavy atom. The molecule has 0 spiro atoms. The lowest BCUT2D eigenvalue weighted by Crippen LogP contribution is -2.08. The molecule has 0 unspecified atom stereocenters. The number of aliphatic imine (C=N–C) groups is 1. The van der Waals surface area contributed by atoms with E-state index in [0.717, 1.165) is 35.6 Å². The quantitative estimate of drug-likeness (QED) is 0.210. The molecule has 0 fully saturated rings. The zero-order chi connectivity index (χ0) is 24.2. The van der Waals surface area contributed by atoms with Crippen LogP contribution in [0.2, 0.25) is 0 Å². The number of hydrogen-bond acceptors (Lipinski definition) is 6. The molecule has 3 rings (SSSR count). The van der Waals surface area contributed by atoms with Crippen LogP contribution in [0.25, 0.3) is 5.69 Å². The molecule has 0 aliphatic carbocycles. The summed E-state index contributed by atoms with van der Waals surface area (Å²) < 4.78 is 1.80. The molecule has 0 bridgehead atoms. The number of anilines is 1. The summed E-state index contributed by atoms with van der Waals surface area (Å²) >= 11 is 5.94. The molecule has 0 aromatic carbocycles. The van der Waals surface area contributed by atoms with Crippen LogP contribution in [0.1, 0.15) is 38.4 Å². The van der Waals surface area contributed by atoms with Crippen molar-refractivity contribution in [2.45, 2.75) is 40.5 Å². The minimum Gasteiger partial charge on any atom is -0.340 e. The zero-order valence-electron chi connectivity index (χ0n) is 19.4. The van der Waals surface area contributed by atoms with Gasteiger partial charge in [-0.05, 0) is 45.4 Å². The van der Waals surface area contributed by atoms with Crippen LogP contribution in [0.5, 0.6) is 0 Å². The number of rotatable bonds is 7. The molecule has 1 aliphatic heterocycles. The van der Waals surface area contributed by atoms with Crippen molar-refractivity contribution in [2.75, 3.05) is 5.32 Å². The lowest BCUT2D eigenvalue weighted by atomic mass is 10.2. The van der Waals surface area contributed by atoms with Gasteiger partial charge in [-0.2, -0.15) is 5.10 Å². The Morgan fingerprint density at radius 3 is 2.70 bits per heavy atom. The number of aryl methyl sites for hydroxylation is 1. The summed E-state index contributed by atoms with van der Waals surface area (Å²) in [6, 6.07) is 3.74. The van der Waals surface area contributed by atoms with Gasteiger partial charge in [0.05, 0.1) is 17.1 Å². The van der Waals surface area contributed by atoms with E-state index in [4.69, 9.17) is 16.9 Å². The van der Waals surface area contributed by atoms with E-state index in [1.807, 2.05) is 44.5 Å². The third-order valence-electron chi connectivity index (χ3n) is 4.77. The summed E-state index contributed by atoms with van der Waals surface area (Å²) in [5.41, 5.74) is 4.72.